The van der Waals surface area contributed by atoms with E-state index in [-0.39, 0.29) is 17.8 Å². The summed E-state index contributed by atoms with van der Waals surface area (Å²) in [7, 11) is 1.40. The maximum absolute atomic E-state index is 11.8. The van der Waals surface area contributed by atoms with Gasteiger partial charge in [-0.3, -0.25) is 9.59 Å². The molecule has 1 atom stereocenters. The second-order valence-corrected chi connectivity index (χ2v) is 6.17. The Morgan fingerprint density at radius 3 is 2.81 bits per heavy atom. The van der Waals surface area contributed by atoms with Gasteiger partial charge in [0.15, 0.2) is 0 Å². The molecule has 0 aromatic heterocycles. The van der Waals surface area contributed by atoms with Crippen molar-refractivity contribution in [3.63, 3.8) is 0 Å². The quantitative estimate of drug-likeness (QED) is 0.591. The third-order valence-corrected chi connectivity index (χ3v) is 4.28. The number of aryl methyl sites for hydroxylation is 1. The molecule has 4 nitrogen and oxygen atoms in total. The molecule has 0 radical (unpaired) electrons. The predicted octanol–water partition coefficient (Wildman–Crippen LogP) is 3.26. The molecule has 0 saturated heterocycles. The number of ether oxygens (including phenoxy) is 1. The Morgan fingerprint density at radius 1 is 1.38 bits per heavy atom. The standard InChI is InChI=1S/C16H23NO3S/c1-12-6-4-7-14(10-12)17-15(18)8-5-9-21-11-13(2)16(19)20-3/h4,6-7,10,13H,5,8-9,11H2,1-3H3,(H,17,18). The number of carbonyl (C=O) groups is 2. The van der Waals surface area contributed by atoms with Crippen LogP contribution in [-0.4, -0.2) is 30.5 Å². The summed E-state index contributed by atoms with van der Waals surface area (Å²) in [5.74, 6) is 1.34. The maximum Gasteiger partial charge on any atom is 0.309 e. The summed E-state index contributed by atoms with van der Waals surface area (Å²) in [6, 6.07) is 7.76. The SMILES string of the molecule is COC(=O)C(C)CSCCCC(=O)Nc1cccc(C)c1. The molecule has 0 aliphatic carbocycles. The van der Waals surface area contributed by atoms with Gasteiger partial charge in [0.1, 0.15) is 0 Å². The van der Waals surface area contributed by atoms with E-state index in [4.69, 9.17) is 0 Å². The molecule has 21 heavy (non-hydrogen) atoms. The highest BCUT2D eigenvalue weighted by Gasteiger charge is 2.12. The van der Waals surface area contributed by atoms with E-state index in [1.807, 2.05) is 38.1 Å². The lowest BCUT2D eigenvalue weighted by molar-refractivity contribution is -0.144. The van der Waals surface area contributed by atoms with Gasteiger partial charge in [0, 0.05) is 17.9 Å². The summed E-state index contributed by atoms with van der Waals surface area (Å²) in [6.45, 7) is 3.85. The van der Waals surface area contributed by atoms with E-state index in [0.29, 0.717) is 6.42 Å². The molecule has 1 aromatic carbocycles. The Balaban J connectivity index is 2.15. The van der Waals surface area contributed by atoms with Crippen molar-refractivity contribution >= 4 is 29.3 Å². The molecule has 0 bridgehead atoms. The highest BCUT2D eigenvalue weighted by molar-refractivity contribution is 7.99. The topological polar surface area (TPSA) is 55.4 Å². The van der Waals surface area contributed by atoms with Crippen LogP contribution in [0.2, 0.25) is 0 Å². The van der Waals surface area contributed by atoms with Crippen LogP contribution in [0.4, 0.5) is 5.69 Å². The van der Waals surface area contributed by atoms with E-state index in [1.165, 1.54) is 7.11 Å². The van der Waals surface area contributed by atoms with Crippen LogP contribution >= 0.6 is 11.8 Å². The fourth-order valence-corrected chi connectivity index (χ4v) is 2.82. The maximum atomic E-state index is 11.8. The predicted molar refractivity (Wildman–Crippen MR) is 87.5 cm³/mol. The number of methoxy groups -OCH3 is 1. The minimum atomic E-state index is -0.181. The van der Waals surface area contributed by atoms with Crippen molar-refractivity contribution in [2.75, 3.05) is 23.9 Å². The summed E-state index contributed by atoms with van der Waals surface area (Å²) in [6.07, 6.45) is 1.30. The molecular weight excluding hydrogens is 286 g/mol. The molecule has 1 N–H and O–H groups in total. The van der Waals surface area contributed by atoms with E-state index >= 15 is 0 Å². The lowest BCUT2D eigenvalue weighted by atomic mass is 10.2. The van der Waals surface area contributed by atoms with Gasteiger partial charge >= 0.3 is 5.97 Å². The number of amides is 1. The Hall–Kier alpha value is -1.49. The second kappa shape index (κ2) is 9.45. The molecule has 1 unspecified atom stereocenters. The van der Waals surface area contributed by atoms with Crippen molar-refractivity contribution in [2.24, 2.45) is 5.92 Å². The summed E-state index contributed by atoms with van der Waals surface area (Å²) in [5.41, 5.74) is 1.96. The van der Waals surface area contributed by atoms with Crippen LogP contribution in [0.25, 0.3) is 0 Å². The second-order valence-electron chi connectivity index (χ2n) is 5.02. The minimum absolute atomic E-state index is 0.0298. The first-order chi connectivity index (χ1) is 10.0. The summed E-state index contributed by atoms with van der Waals surface area (Å²) in [4.78, 5) is 23.0. The van der Waals surface area contributed by atoms with Crippen LogP contribution in [0.3, 0.4) is 0 Å². The molecule has 1 amide bonds. The van der Waals surface area contributed by atoms with E-state index in [2.05, 4.69) is 10.1 Å². The minimum Gasteiger partial charge on any atom is -0.469 e. The Morgan fingerprint density at radius 2 is 2.14 bits per heavy atom. The molecule has 5 heteroatoms. The highest BCUT2D eigenvalue weighted by Crippen LogP contribution is 2.13. The zero-order valence-corrected chi connectivity index (χ0v) is 13.7. The number of benzene rings is 1. The van der Waals surface area contributed by atoms with Crippen LogP contribution in [0.15, 0.2) is 24.3 Å². The third kappa shape index (κ3) is 7.18. The largest absolute Gasteiger partial charge is 0.469 e. The van der Waals surface area contributed by atoms with Crippen LogP contribution in [0.1, 0.15) is 25.3 Å². The van der Waals surface area contributed by atoms with Gasteiger partial charge in [-0.15, -0.1) is 0 Å². The van der Waals surface area contributed by atoms with E-state index < -0.39 is 0 Å². The van der Waals surface area contributed by atoms with Gasteiger partial charge in [0.2, 0.25) is 5.91 Å². The first-order valence-electron chi connectivity index (χ1n) is 7.05. The van der Waals surface area contributed by atoms with Gasteiger partial charge in [0.25, 0.3) is 0 Å². The Kier molecular flexibility index (Phi) is 7.90. The van der Waals surface area contributed by atoms with E-state index in [9.17, 15) is 9.59 Å². The number of anilines is 1. The number of esters is 1. The molecule has 0 fully saturated rings. The van der Waals surface area contributed by atoms with E-state index in [0.717, 1.165) is 29.2 Å². The molecule has 1 rings (SSSR count). The summed E-state index contributed by atoms with van der Waals surface area (Å²) < 4.78 is 4.67. The van der Waals surface area contributed by atoms with Crippen molar-refractivity contribution in [2.45, 2.75) is 26.7 Å². The molecule has 0 aliphatic rings. The van der Waals surface area contributed by atoms with Crippen molar-refractivity contribution in [1.29, 1.82) is 0 Å². The van der Waals surface area contributed by atoms with Gasteiger partial charge < -0.3 is 10.1 Å². The number of thioether (sulfide) groups is 1. The lowest BCUT2D eigenvalue weighted by Gasteiger charge is -2.08. The summed E-state index contributed by atoms with van der Waals surface area (Å²) >= 11 is 1.67. The number of rotatable bonds is 8. The average molecular weight is 309 g/mol. The van der Waals surface area contributed by atoms with Gasteiger partial charge in [-0.2, -0.15) is 11.8 Å². The van der Waals surface area contributed by atoms with Crippen LogP contribution in [0, 0.1) is 12.8 Å². The zero-order valence-electron chi connectivity index (χ0n) is 12.8. The van der Waals surface area contributed by atoms with Crippen molar-refractivity contribution in [3.8, 4) is 0 Å². The fraction of sp³-hybridized carbons (Fsp3) is 0.500. The average Bonchev–Trinajstić information content (AvgIpc) is 2.45. The first-order valence-corrected chi connectivity index (χ1v) is 8.20. The van der Waals surface area contributed by atoms with Crippen molar-refractivity contribution in [1.82, 2.24) is 0 Å². The Labute approximate surface area is 130 Å². The smallest absolute Gasteiger partial charge is 0.309 e. The van der Waals surface area contributed by atoms with Crippen LogP contribution in [-0.2, 0) is 14.3 Å². The lowest BCUT2D eigenvalue weighted by Crippen LogP contribution is -2.15. The number of hydrogen-bond acceptors (Lipinski definition) is 4. The molecule has 0 spiro atoms. The van der Waals surface area contributed by atoms with Crippen LogP contribution in [0.5, 0.6) is 0 Å². The first kappa shape index (κ1) is 17.6. The van der Waals surface area contributed by atoms with Crippen molar-refractivity contribution < 1.29 is 14.3 Å². The van der Waals surface area contributed by atoms with Crippen LogP contribution < -0.4 is 5.32 Å². The highest BCUT2D eigenvalue weighted by atomic mass is 32.2. The summed E-state index contributed by atoms with van der Waals surface area (Å²) in [5, 5.41) is 2.89. The third-order valence-electron chi connectivity index (χ3n) is 2.97. The molecule has 0 heterocycles. The molecule has 1 aromatic rings. The number of carbonyl (C=O) groups excluding carboxylic acids is 2. The normalized spacial score (nSPS) is 11.8. The fourth-order valence-electron chi connectivity index (χ4n) is 1.81. The number of hydrogen-bond donors (Lipinski definition) is 1. The van der Waals surface area contributed by atoms with Gasteiger partial charge in [-0.25, -0.2) is 0 Å². The molecule has 0 saturated carbocycles. The van der Waals surface area contributed by atoms with Crippen molar-refractivity contribution in [3.05, 3.63) is 29.8 Å². The number of nitrogens with one attached hydrogen (secondary N) is 1. The van der Waals surface area contributed by atoms with Gasteiger partial charge in [-0.1, -0.05) is 19.1 Å². The zero-order chi connectivity index (χ0) is 15.7. The molecule has 116 valence electrons. The van der Waals surface area contributed by atoms with E-state index in [1.54, 1.807) is 11.8 Å². The van der Waals surface area contributed by atoms with Gasteiger partial charge in [-0.05, 0) is 36.8 Å². The Bertz CT molecular complexity index is 476. The molecule has 0 aliphatic heterocycles. The van der Waals surface area contributed by atoms with Gasteiger partial charge in [0.05, 0.1) is 13.0 Å². The monoisotopic (exact) mass is 309 g/mol. The molecular formula is C16H23NO3S.